The van der Waals surface area contributed by atoms with E-state index in [0.717, 1.165) is 5.56 Å². The maximum absolute atomic E-state index is 11.7. The minimum absolute atomic E-state index is 0.00435. The number of Topliss-reactive ketones (excluding diaryl/α,β-unsaturated/α-hetero) is 1. The molecule has 4 heteroatoms. The van der Waals surface area contributed by atoms with Crippen LogP contribution in [0.4, 0.5) is 5.69 Å². The van der Waals surface area contributed by atoms with Crippen molar-refractivity contribution in [2.45, 2.75) is 26.3 Å². The molecule has 0 aliphatic rings. The molecular weight excluding hydrogens is 190 g/mol. The fourth-order valence-electron chi connectivity index (χ4n) is 1.26. The van der Waals surface area contributed by atoms with Crippen LogP contribution in [0.25, 0.3) is 0 Å². The Kier molecular flexibility index (Phi) is 3.80. The number of aromatic nitrogens is 1. The van der Waals surface area contributed by atoms with E-state index in [1.165, 1.54) is 0 Å². The monoisotopic (exact) mass is 207 g/mol. The van der Waals surface area contributed by atoms with Gasteiger partial charge in [-0.1, -0.05) is 13.8 Å². The van der Waals surface area contributed by atoms with Crippen LogP contribution in [-0.2, 0) is 11.2 Å². The van der Waals surface area contributed by atoms with Crippen LogP contribution in [-0.4, -0.2) is 16.8 Å². The van der Waals surface area contributed by atoms with Crippen LogP contribution < -0.4 is 11.5 Å². The number of hydrogen-bond donors (Lipinski definition) is 2. The SMILES string of the molecule is CC(C)C(N)C(=O)Cc1cnccc1N. The predicted molar refractivity (Wildman–Crippen MR) is 60.2 cm³/mol. The van der Waals surface area contributed by atoms with Gasteiger partial charge in [-0.2, -0.15) is 0 Å². The number of rotatable bonds is 4. The van der Waals surface area contributed by atoms with Crippen LogP contribution in [0.2, 0.25) is 0 Å². The molecule has 82 valence electrons. The summed E-state index contributed by atoms with van der Waals surface area (Å²) in [7, 11) is 0. The Morgan fingerprint density at radius 1 is 1.53 bits per heavy atom. The number of hydrogen-bond acceptors (Lipinski definition) is 4. The van der Waals surface area contributed by atoms with Crippen LogP contribution in [0, 0.1) is 5.92 Å². The summed E-state index contributed by atoms with van der Waals surface area (Å²) in [6, 6.07) is 1.26. The standard InChI is InChI=1S/C11H17N3O/c1-7(2)11(13)10(15)5-8-6-14-4-3-9(8)12/h3-4,6-7,11H,5,13H2,1-2H3,(H2,12,14). The second-order valence-electron chi connectivity index (χ2n) is 3.99. The lowest BCUT2D eigenvalue weighted by Crippen LogP contribution is -2.36. The predicted octanol–water partition coefficient (Wildman–Crippen LogP) is 0.759. The molecule has 1 atom stereocenters. The van der Waals surface area contributed by atoms with Gasteiger partial charge in [0, 0.05) is 30.1 Å². The Morgan fingerprint density at radius 2 is 2.20 bits per heavy atom. The first-order valence-corrected chi connectivity index (χ1v) is 4.99. The molecule has 0 bridgehead atoms. The number of carbonyl (C=O) groups is 1. The topological polar surface area (TPSA) is 82.0 Å². The number of nitrogens with zero attached hydrogens (tertiary/aromatic N) is 1. The Balaban J connectivity index is 2.71. The van der Waals surface area contributed by atoms with E-state index in [2.05, 4.69) is 4.98 Å². The highest BCUT2D eigenvalue weighted by Gasteiger charge is 2.18. The maximum Gasteiger partial charge on any atom is 0.154 e. The van der Waals surface area contributed by atoms with Crippen molar-refractivity contribution in [3.8, 4) is 0 Å². The Morgan fingerprint density at radius 3 is 2.73 bits per heavy atom. The van der Waals surface area contributed by atoms with E-state index < -0.39 is 6.04 Å². The minimum Gasteiger partial charge on any atom is -0.398 e. The molecule has 4 N–H and O–H groups in total. The van der Waals surface area contributed by atoms with Gasteiger partial charge in [0.2, 0.25) is 0 Å². The Labute approximate surface area is 89.7 Å². The second kappa shape index (κ2) is 4.89. The fraction of sp³-hybridized carbons (Fsp3) is 0.455. The van der Waals surface area contributed by atoms with Gasteiger partial charge in [0.1, 0.15) is 0 Å². The maximum atomic E-state index is 11.7. The van der Waals surface area contributed by atoms with Crippen molar-refractivity contribution in [2.24, 2.45) is 11.7 Å². The molecular formula is C11H17N3O. The summed E-state index contributed by atoms with van der Waals surface area (Å²) < 4.78 is 0. The van der Waals surface area contributed by atoms with Crippen molar-refractivity contribution in [1.29, 1.82) is 0 Å². The number of anilines is 1. The average molecular weight is 207 g/mol. The van der Waals surface area contributed by atoms with Gasteiger partial charge in [-0.05, 0) is 12.0 Å². The lowest BCUT2D eigenvalue weighted by molar-refractivity contribution is -0.120. The highest BCUT2D eigenvalue weighted by molar-refractivity contribution is 5.87. The molecule has 1 aromatic heterocycles. The van der Waals surface area contributed by atoms with Crippen LogP contribution in [0.15, 0.2) is 18.5 Å². The van der Waals surface area contributed by atoms with Gasteiger partial charge in [0.25, 0.3) is 0 Å². The summed E-state index contributed by atoms with van der Waals surface area (Å²) in [5.41, 5.74) is 12.8. The molecule has 4 nitrogen and oxygen atoms in total. The van der Waals surface area contributed by atoms with E-state index in [1.54, 1.807) is 18.5 Å². The summed E-state index contributed by atoms with van der Waals surface area (Å²) in [4.78, 5) is 15.6. The molecule has 1 aromatic rings. The quantitative estimate of drug-likeness (QED) is 0.763. The molecule has 0 radical (unpaired) electrons. The normalized spacial score (nSPS) is 12.8. The first kappa shape index (κ1) is 11.7. The fourth-order valence-corrected chi connectivity index (χ4v) is 1.26. The number of carbonyl (C=O) groups excluding carboxylic acids is 1. The van der Waals surface area contributed by atoms with E-state index in [0.29, 0.717) is 5.69 Å². The van der Waals surface area contributed by atoms with Crippen LogP contribution in [0.3, 0.4) is 0 Å². The molecule has 1 unspecified atom stereocenters. The molecule has 0 fully saturated rings. The zero-order valence-electron chi connectivity index (χ0n) is 9.10. The Bertz CT molecular complexity index is 349. The molecule has 0 aliphatic carbocycles. The smallest absolute Gasteiger partial charge is 0.154 e. The lowest BCUT2D eigenvalue weighted by Gasteiger charge is -2.14. The first-order valence-electron chi connectivity index (χ1n) is 4.99. The van der Waals surface area contributed by atoms with Crippen LogP contribution in [0.5, 0.6) is 0 Å². The van der Waals surface area contributed by atoms with Crippen molar-refractivity contribution < 1.29 is 4.79 Å². The van der Waals surface area contributed by atoms with Gasteiger partial charge in [-0.15, -0.1) is 0 Å². The number of pyridine rings is 1. The van der Waals surface area contributed by atoms with Crippen molar-refractivity contribution in [3.63, 3.8) is 0 Å². The molecule has 0 saturated heterocycles. The van der Waals surface area contributed by atoms with Crippen LogP contribution >= 0.6 is 0 Å². The summed E-state index contributed by atoms with van der Waals surface area (Å²) in [6.45, 7) is 3.85. The lowest BCUT2D eigenvalue weighted by atomic mass is 9.96. The largest absolute Gasteiger partial charge is 0.398 e. The van der Waals surface area contributed by atoms with E-state index >= 15 is 0 Å². The minimum atomic E-state index is -0.426. The van der Waals surface area contributed by atoms with E-state index in [4.69, 9.17) is 11.5 Å². The summed E-state index contributed by atoms with van der Waals surface area (Å²) in [5.74, 6) is 0.153. The van der Waals surface area contributed by atoms with E-state index in [-0.39, 0.29) is 18.1 Å². The van der Waals surface area contributed by atoms with Gasteiger partial charge in [-0.25, -0.2) is 0 Å². The summed E-state index contributed by atoms with van der Waals surface area (Å²) in [5, 5.41) is 0. The van der Waals surface area contributed by atoms with E-state index in [9.17, 15) is 4.79 Å². The molecule has 1 heterocycles. The third kappa shape index (κ3) is 3.02. The molecule has 0 aromatic carbocycles. The first-order chi connectivity index (χ1) is 7.02. The van der Waals surface area contributed by atoms with Gasteiger partial charge >= 0.3 is 0 Å². The van der Waals surface area contributed by atoms with Gasteiger partial charge in [0.15, 0.2) is 5.78 Å². The third-order valence-corrected chi connectivity index (χ3v) is 2.40. The molecule has 15 heavy (non-hydrogen) atoms. The number of ketones is 1. The molecule has 1 rings (SSSR count). The molecule has 0 amide bonds. The average Bonchev–Trinajstić information content (AvgIpc) is 2.20. The molecule has 0 saturated carbocycles. The van der Waals surface area contributed by atoms with Crippen molar-refractivity contribution >= 4 is 11.5 Å². The zero-order chi connectivity index (χ0) is 11.4. The van der Waals surface area contributed by atoms with Crippen molar-refractivity contribution in [2.75, 3.05) is 5.73 Å². The van der Waals surface area contributed by atoms with Gasteiger partial charge in [0.05, 0.1) is 6.04 Å². The van der Waals surface area contributed by atoms with Gasteiger partial charge in [-0.3, -0.25) is 9.78 Å². The van der Waals surface area contributed by atoms with E-state index in [1.807, 2.05) is 13.8 Å². The van der Waals surface area contributed by atoms with Gasteiger partial charge < -0.3 is 11.5 Å². The molecule has 0 spiro atoms. The number of nitrogen functional groups attached to an aromatic ring is 1. The Hall–Kier alpha value is -1.42. The second-order valence-corrected chi connectivity index (χ2v) is 3.99. The highest BCUT2D eigenvalue weighted by atomic mass is 16.1. The number of nitrogens with two attached hydrogens (primary N) is 2. The third-order valence-electron chi connectivity index (χ3n) is 2.40. The zero-order valence-corrected chi connectivity index (χ0v) is 9.10. The highest BCUT2D eigenvalue weighted by Crippen LogP contribution is 2.11. The van der Waals surface area contributed by atoms with Crippen molar-refractivity contribution in [3.05, 3.63) is 24.0 Å². The molecule has 0 aliphatic heterocycles. The summed E-state index contributed by atoms with van der Waals surface area (Å²) in [6.07, 6.45) is 3.48. The van der Waals surface area contributed by atoms with Crippen molar-refractivity contribution in [1.82, 2.24) is 4.98 Å². The summed E-state index contributed by atoms with van der Waals surface area (Å²) >= 11 is 0. The van der Waals surface area contributed by atoms with Crippen LogP contribution in [0.1, 0.15) is 19.4 Å².